The van der Waals surface area contributed by atoms with E-state index >= 15 is 0 Å². The van der Waals surface area contributed by atoms with E-state index in [2.05, 4.69) is 31.9 Å². The normalized spacial score (nSPS) is 12.6. The average molecular weight is 941 g/mol. The maximum absolute atomic E-state index is 13.4. The molecule has 0 aliphatic carbocycles. The van der Waals surface area contributed by atoms with Gasteiger partial charge in [-0.25, -0.2) is 9.59 Å². The Bertz CT molecular complexity index is 2570. The Morgan fingerprint density at radius 1 is 0.603 bits per heavy atom. The second kappa shape index (κ2) is 23.0. The molecule has 4 rings (SSSR count). The SMILES string of the molecule is CC(C)C[C@H](NC(=O)[C@@H](NC(=O)OC(C)(C)C)C(C)C)C(=O)N[C@@H](C)C(=O)NCc1ccc(CNC(=O)c2cc([N+](=O)[O-])c3cc(C(=O)NCc4ccc(C(=O)O)cc4)cc([N+](=O)[O-])c3c2)cc1. The molecule has 4 aromatic carbocycles. The van der Waals surface area contributed by atoms with Gasteiger partial charge in [-0.05, 0) is 86.9 Å². The first-order valence-corrected chi connectivity index (χ1v) is 21.6. The van der Waals surface area contributed by atoms with Crippen molar-refractivity contribution in [2.45, 2.75) is 105 Å². The number of ether oxygens (including phenoxy) is 1. The number of non-ortho nitro benzene ring substituents is 2. The number of hydrogen-bond acceptors (Lipinski definition) is 12. The van der Waals surface area contributed by atoms with E-state index in [1.807, 2.05) is 13.8 Å². The summed E-state index contributed by atoms with van der Waals surface area (Å²) < 4.78 is 5.30. The highest BCUT2D eigenvalue weighted by Gasteiger charge is 2.32. The summed E-state index contributed by atoms with van der Waals surface area (Å²) in [4.78, 5) is 112. The van der Waals surface area contributed by atoms with Crippen LogP contribution in [-0.2, 0) is 38.8 Å². The van der Waals surface area contributed by atoms with Gasteiger partial charge in [-0.2, -0.15) is 0 Å². The summed E-state index contributed by atoms with van der Waals surface area (Å²) in [7, 11) is 0. The molecule has 0 unspecified atom stereocenters. The smallest absolute Gasteiger partial charge is 0.408 e. The highest BCUT2D eigenvalue weighted by molar-refractivity contribution is 6.08. The van der Waals surface area contributed by atoms with Crippen LogP contribution < -0.4 is 31.9 Å². The fourth-order valence-electron chi connectivity index (χ4n) is 6.75. The number of amides is 6. The van der Waals surface area contributed by atoms with Crippen molar-refractivity contribution in [3.05, 3.63) is 126 Å². The highest BCUT2D eigenvalue weighted by atomic mass is 16.6. The van der Waals surface area contributed by atoms with Crippen LogP contribution in [0.3, 0.4) is 0 Å². The molecule has 7 N–H and O–H groups in total. The first-order chi connectivity index (χ1) is 31.8. The van der Waals surface area contributed by atoms with Gasteiger partial charge in [-0.1, -0.05) is 64.1 Å². The Morgan fingerprint density at radius 3 is 1.44 bits per heavy atom. The largest absolute Gasteiger partial charge is 0.478 e. The van der Waals surface area contributed by atoms with Gasteiger partial charge in [0.2, 0.25) is 17.7 Å². The van der Waals surface area contributed by atoms with Gasteiger partial charge in [-0.3, -0.25) is 44.2 Å². The minimum absolute atomic E-state index is 0.0166. The standard InChI is InChI=1S/C47H56N8O13/c1-25(2)17-36(52-44(60)39(26(3)4)53-46(63)68-47(6,7)8)43(59)51-27(5)40(56)48-22-28-9-11-29(12-10-28)23-49-41(57)32-18-34-35(37(20-32)54(64)65)19-33(21-38(34)55(66)67)42(58)50-24-30-13-15-31(16-14-30)45(61)62/h9-16,18-21,25-27,36,39H,17,22-24H2,1-8H3,(H,48,56)(H,49,57)(H,50,58)(H,51,59)(H,52,60)(H,53,63)(H,61,62)/t27-,36-,39-/m0/s1. The maximum Gasteiger partial charge on any atom is 0.408 e. The fourth-order valence-corrected chi connectivity index (χ4v) is 6.75. The minimum atomic E-state index is -1.13. The first kappa shape index (κ1) is 52.7. The summed E-state index contributed by atoms with van der Waals surface area (Å²) in [6.45, 7) is 13.7. The predicted molar refractivity (Wildman–Crippen MR) is 248 cm³/mol. The second-order valence-electron chi connectivity index (χ2n) is 17.8. The molecule has 3 atom stereocenters. The first-order valence-electron chi connectivity index (χ1n) is 21.6. The van der Waals surface area contributed by atoms with Crippen LogP contribution in [0, 0.1) is 32.1 Å². The van der Waals surface area contributed by atoms with Crippen LogP contribution in [0.5, 0.6) is 0 Å². The Hall–Kier alpha value is -7.97. The lowest BCUT2D eigenvalue weighted by Crippen LogP contribution is -2.57. The molecule has 0 saturated carbocycles. The number of alkyl carbamates (subject to hydrolysis) is 1. The van der Waals surface area contributed by atoms with E-state index in [4.69, 9.17) is 9.84 Å². The summed E-state index contributed by atoms with van der Waals surface area (Å²) in [6, 6.07) is 13.5. The molecule has 0 aromatic heterocycles. The summed E-state index contributed by atoms with van der Waals surface area (Å²) in [5.41, 5.74) is -0.771. The van der Waals surface area contributed by atoms with Crippen LogP contribution in [0.1, 0.15) is 110 Å². The number of benzene rings is 4. The zero-order chi connectivity index (χ0) is 50.6. The van der Waals surface area contributed by atoms with Gasteiger partial charge in [0.1, 0.15) is 23.7 Å². The molecule has 362 valence electrons. The van der Waals surface area contributed by atoms with Gasteiger partial charge in [0.05, 0.1) is 26.2 Å². The Kier molecular flexibility index (Phi) is 17.8. The number of carboxylic acids is 1. The molecule has 0 radical (unpaired) electrons. The van der Waals surface area contributed by atoms with Crippen molar-refractivity contribution in [2.75, 3.05) is 0 Å². The lowest BCUT2D eigenvalue weighted by Gasteiger charge is -2.28. The zero-order valence-electron chi connectivity index (χ0n) is 38.9. The molecule has 0 aliphatic rings. The quantitative estimate of drug-likeness (QED) is 0.0431. The molecule has 0 aliphatic heterocycles. The second-order valence-corrected chi connectivity index (χ2v) is 17.8. The Morgan fingerprint density at radius 2 is 1.04 bits per heavy atom. The topological polar surface area (TPSA) is 307 Å². The van der Waals surface area contributed by atoms with E-state index in [9.17, 15) is 53.8 Å². The van der Waals surface area contributed by atoms with Crippen LogP contribution in [0.4, 0.5) is 16.2 Å². The molecule has 0 fully saturated rings. The molecule has 0 spiro atoms. The maximum atomic E-state index is 13.4. The predicted octanol–water partition coefficient (Wildman–Crippen LogP) is 5.42. The van der Waals surface area contributed by atoms with Crippen LogP contribution in [0.15, 0.2) is 72.8 Å². The fraction of sp³-hybridized carbons (Fsp3) is 0.383. The summed E-state index contributed by atoms with van der Waals surface area (Å²) >= 11 is 0. The van der Waals surface area contributed by atoms with E-state index in [1.54, 1.807) is 58.9 Å². The number of nitro benzene ring substituents is 2. The van der Waals surface area contributed by atoms with Crippen LogP contribution >= 0.6 is 0 Å². The van der Waals surface area contributed by atoms with E-state index in [1.165, 1.54) is 31.2 Å². The third-order valence-electron chi connectivity index (χ3n) is 10.3. The molecule has 21 heteroatoms. The van der Waals surface area contributed by atoms with Gasteiger partial charge in [0.25, 0.3) is 23.2 Å². The van der Waals surface area contributed by atoms with Gasteiger partial charge >= 0.3 is 12.1 Å². The van der Waals surface area contributed by atoms with Crippen molar-refractivity contribution in [1.82, 2.24) is 31.9 Å². The molecule has 21 nitrogen and oxygen atoms in total. The van der Waals surface area contributed by atoms with E-state index < -0.39 is 86.5 Å². The molecule has 4 aromatic rings. The monoisotopic (exact) mass is 940 g/mol. The van der Waals surface area contributed by atoms with Crippen molar-refractivity contribution in [1.29, 1.82) is 0 Å². The number of nitrogens with zero attached hydrogens (tertiary/aromatic N) is 2. The average Bonchev–Trinajstić information content (AvgIpc) is 3.26. The Labute approximate surface area is 391 Å². The molecular weight excluding hydrogens is 885 g/mol. The van der Waals surface area contributed by atoms with Crippen molar-refractivity contribution >= 4 is 63.7 Å². The van der Waals surface area contributed by atoms with Gasteiger partial charge < -0.3 is 41.7 Å². The van der Waals surface area contributed by atoms with Gasteiger partial charge in [0.15, 0.2) is 0 Å². The van der Waals surface area contributed by atoms with Gasteiger partial charge in [-0.15, -0.1) is 0 Å². The number of nitrogens with one attached hydrogen (secondary N) is 6. The minimum Gasteiger partial charge on any atom is -0.478 e. The van der Waals surface area contributed by atoms with Crippen molar-refractivity contribution in [2.24, 2.45) is 11.8 Å². The number of aromatic carboxylic acids is 1. The van der Waals surface area contributed by atoms with E-state index in [0.717, 1.165) is 24.3 Å². The molecule has 0 heterocycles. The molecule has 68 heavy (non-hydrogen) atoms. The summed E-state index contributed by atoms with van der Waals surface area (Å²) in [5.74, 6) is -4.75. The third kappa shape index (κ3) is 15.0. The number of fused-ring (bicyclic) bond motifs is 1. The number of carboxylic acid groups (broad SMARTS) is 1. The third-order valence-corrected chi connectivity index (χ3v) is 10.3. The van der Waals surface area contributed by atoms with Gasteiger partial charge in [0, 0.05) is 42.9 Å². The number of carbonyl (C=O) groups is 7. The van der Waals surface area contributed by atoms with Crippen molar-refractivity contribution in [3.63, 3.8) is 0 Å². The molecule has 6 amide bonds. The molecule has 0 bridgehead atoms. The number of carbonyl (C=O) groups excluding carboxylic acids is 6. The van der Waals surface area contributed by atoms with Crippen LogP contribution in [0.25, 0.3) is 10.8 Å². The number of nitro groups is 2. The summed E-state index contributed by atoms with van der Waals surface area (Å²) in [5, 5.41) is 48.9. The van der Waals surface area contributed by atoms with E-state index in [0.29, 0.717) is 16.7 Å². The lowest BCUT2D eigenvalue weighted by atomic mass is 9.99. The zero-order valence-corrected chi connectivity index (χ0v) is 38.9. The number of hydrogen-bond donors (Lipinski definition) is 7. The Balaban J connectivity index is 1.36. The molecular formula is C47H56N8O13. The van der Waals surface area contributed by atoms with Crippen molar-refractivity contribution < 1.29 is 53.3 Å². The summed E-state index contributed by atoms with van der Waals surface area (Å²) in [6.07, 6.45) is -0.528. The number of rotatable bonds is 20. The van der Waals surface area contributed by atoms with E-state index in [-0.39, 0.29) is 65.4 Å². The van der Waals surface area contributed by atoms with Crippen LogP contribution in [0.2, 0.25) is 0 Å². The highest BCUT2D eigenvalue weighted by Crippen LogP contribution is 2.35. The molecule has 0 saturated heterocycles. The van der Waals surface area contributed by atoms with Crippen molar-refractivity contribution in [3.8, 4) is 0 Å². The van der Waals surface area contributed by atoms with Crippen LogP contribution in [-0.4, -0.2) is 80.3 Å². The lowest BCUT2D eigenvalue weighted by molar-refractivity contribution is -0.384.